The van der Waals surface area contributed by atoms with Crippen molar-refractivity contribution in [3.8, 4) is 5.75 Å². The number of carbonyl (C=O) groups is 2. The molecule has 1 atom stereocenters. The SMILES string of the molecule is COc1ccc(C(C(=O)NCCCNC(C)=O)C(C)C)cc1. The van der Waals surface area contributed by atoms with E-state index in [4.69, 9.17) is 4.74 Å². The van der Waals surface area contributed by atoms with Crippen LogP contribution in [0.25, 0.3) is 0 Å². The van der Waals surface area contributed by atoms with Crippen LogP contribution in [0.5, 0.6) is 5.75 Å². The van der Waals surface area contributed by atoms with Gasteiger partial charge in [-0.25, -0.2) is 0 Å². The van der Waals surface area contributed by atoms with Gasteiger partial charge >= 0.3 is 0 Å². The summed E-state index contributed by atoms with van der Waals surface area (Å²) in [6, 6.07) is 7.60. The highest BCUT2D eigenvalue weighted by Crippen LogP contribution is 2.26. The third-order valence-corrected chi connectivity index (χ3v) is 3.45. The van der Waals surface area contributed by atoms with E-state index in [2.05, 4.69) is 10.6 Å². The van der Waals surface area contributed by atoms with Crippen LogP contribution in [-0.2, 0) is 9.59 Å². The second kappa shape index (κ2) is 9.07. The van der Waals surface area contributed by atoms with Gasteiger partial charge in [0.15, 0.2) is 0 Å². The molecule has 1 aromatic carbocycles. The lowest BCUT2D eigenvalue weighted by molar-refractivity contribution is -0.123. The first-order valence-electron chi connectivity index (χ1n) is 7.61. The molecule has 0 saturated heterocycles. The predicted molar refractivity (Wildman–Crippen MR) is 86.9 cm³/mol. The molecule has 1 aromatic rings. The van der Waals surface area contributed by atoms with Gasteiger partial charge in [-0.05, 0) is 30.0 Å². The number of rotatable bonds is 8. The molecule has 0 aliphatic heterocycles. The van der Waals surface area contributed by atoms with Crippen LogP contribution in [-0.4, -0.2) is 32.0 Å². The van der Waals surface area contributed by atoms with Crippen LogP contribution in [0.1, 0.15) is 38.7 Å². The van der Waals surface area contributed by atoms with Crippen LogP contribution in [0.2, 0.25) is 0 Å². The van der Waals surface area contributed by atoms with Gasteiger partial charge in [0.25, 0.3) is 0 Å². The van der Waals surface area contributed by atoms with E-state index in [0.29, 0.717) is 13.1 Å². The molecule has 0 spiro atoms. The number of methoxy groups -OCH3 is 1. The first kappa shape index (κ1) is 18.0. The van der Waals surface area contributed by atoms with Crippen molar-refractivity contribution in [2.75, 3.05) is 20.2 Å². The standard InChI is InChI=1S/C17H26N2O3/c1-12(2)16(14-6-8-15(22-4)9-7-14)17(21)19-11-5-10-18-13(3)20/h6-9,12,16H,5,10-11H2,1-4H3,(H,18,20)(H,19,21). The molecule has 1 unspecified atom stereocenters. The highest BCUT2D eigenvalue weighted by atomic mass is 16.5. The molecule has 0 aromatic heterocycles. The van der Waals surface area contributed by atoms with Gasteiger partial charge in [-0.2, -0.15) is 0 Å². The maximum Gasteiger partial charge on any atom is 0.227 e. The van der Waals surface area contributed by atoms with E-state index in [1.165, 1.54) is 6.92 Å². The molecule has 0 aliphatic carbocycles. The second-order valence-electron chi connectivity index (χ2n) is 5.62. The Bertz CT molecular complexity index is 483. The molecule has 0 saturated carbocycles. The van der Waals surface area contributed by atoms with Gasteiger partial charge in [0.2, 0.25) is 11.8 Å². The van der Waals surface area contributed by atoms with Crippen LogP contribution >= 0.6 is 0 Å². The van der Waals surface area contributed by atoms with Crippen molar-refractivity contribution in [3.63, 3.8) is 0 Å². The van der Waals surface area contributed by atoms with Crippen LogP contribution in [0, 0.1) is 5.92 Å². The van der Waals surface area contributed by atoms with Gasteiger partial charge in [-0.1, -0.05) is 26.0 Å². The highest BCUT2D eigenvalue weighted by molar-refractivity contribution is 5.84. The van der Waals surface area contributed by atoms with Crippen molar-refractivity contribution in [2.24, 2.45) is 5.92 Å². The van der Waals surface area contributed by atoms with E-state index in [9.17, 15) is 9.59 Å². The van der Waals surface area contributed by atoms with Crippen LogP contribution in [0.15, 0.2) is 24.3 Å². The lowest BCUT2D eigenvalue weighted by Gasteiger charge is -2.21. The minimum atomic E-state index is -0.188. The van der Waals surface area contributed by atoms with Crippen LogP contribution in [0.4, 0.5) is 0 Å². The van der Waals surface area contributed by atoms with Gasteiger partial charge in [0.05, 0.1) is 13.0 Å². The van der Waals surface area contributed by atoms with E-state index < -0.39 is 0 Å². The molecule has 0 aliphatic rings. The Balaban J connectivity index is 2.58. The molecule has 5 heteroatoms. The third kappa shape index (κ3) is 5.76. The van der Waals surface area contributed by atoms with Crippen molar-refractivity contribution in [3.05, 3.63) is 29.8 Å². The Labute approximate surface area is 132 Å². The second-order valence-corrected chi connectivity index (χ2v) is 5.62. The van der Waals surface area contributed by atoms with Crippen molar-refractivity contribution < 1.29 is 14.3 Å². The molecule has 2 N–H and O–H groups in total. The Morgan fingerprint density at radius 3 is 2.18 bits per heavy atom. The zero-order chi connectivity index (χ0) is 16.5. The van der Waals surface area contributed by atoms with E-state index in [0.717, 1.165) is 17.7 Å². The smallest absolute Gasteiger partial charge is 0.227 e. The molecule has 122 valence electrons. The molecular formula is C17H26N2O3. The number of amides is 2. The molecule has 0 heterocycles. The molecule has 0 radical (unpaired) electrons. The Morgan fingerprint density at radius 2 is 1.68 bits per heavy atom. The fourth-order valence-electron chi connectivity index (χ4n) is 2.32. The van der Waals surface area contributed by atoms with E-state index in [-0.39, 0.29) is 23.7 Å². The topological polar surface area (TPSA) is 67.4 Å². The van der Waals surface area contributed by atoms with Crippen molar-refractivity contribution in [1.82, 2.24) is 10.6 Å². The molecule has 2 amide bonds. The Hall–Kier alpha value is -2.04. The maximum atomic E-state index is 12.4. The van der Waals surface area contributed by atoms with Gasteiger partial charge in [-0.15, -0.1) is 0 Å². The summed E-state index contributed by atoms with van der Waals surface area (Å²) >= 11 is 0. The predicted octanol–water partition coefficient (Wildman–Crippen LogP) is 2.08. The number of carbonyl (C=O) groups excluding carboxylic acids is 2. The zero-order valence-electron chi connectivity index (χ0n) is 13.8. The summed E-state index contributed by atoms with van der Waals surface area (Å²) in [7, 11) is 1.62. The van der Waals surface area contributed by atoms with Gasteiger partial charge in [0.1, 0.15) is 5.75 Å². The first-order valence-corrected chi connectivity index (χ1v) is 7.61. The van der Waals surface area contributed by atoms with E-state index in [1.807, 2.05) is 38.1 Å². The summed E-state index contributed by atoms with van der Waals surface area (Å²) in [4.78, 5) is 23.2. The molecule has 22 heavy (non-hydrogen) atoms. The fraction of sp³-hybridized carbons (Fsp3) is 0.529. The summed E-state index contributed by atoms with van der Waals surface area (Å²) in [5.74, 6) is 0.755. The summed E-state index contributed by atoms with van der Waals surface area (Å²) in [6.45, 7) is 6.68. The van der Waals surface area contributed by atoms with E-state index >= 15 is 0 Å². The van der Waals surface area contributed by atoms with Crippen LogP contribution < -0.4 is 15.4 Å². The Morgan fingerprint density at radius 1 is 1.09 bits per heavy atom. The van der Waals surface area contributed by atoms with Gasteiger partial charge in [-0.3, -0.25) is 9.59 Å². The summed E-state index contributed by atoms with van der Waals surface area (Å²) in [5.41, 5.74) is 0.982. The third-order valence-electron chi connectivity index (χ3n) is 3.45. The molecule has 1 rings (SSSR count). The van der Waals surface area contributed by atoms with Crippen LogP contribution in [0.3, 0.4) is 0 Å². The lowest BCUT2D eigenvalue weighted by atomic mass is 9.87. The number of nitrogens with one attached hydrogen (secondary N) is 2. The summed E-state index contributed by atoms with van der Waals surface area (Å²) in [5, 5.41) is 5.65. The molecule has 5 nitrogen and oxygen atoms in total. The minimum Gasteiger partial charge on any atom is -0.497 e. The summed E-state index contributed by atoms with van der Waals surface area (Å²) < 4.78 is 5.15. The highest BCUT2D eigenvalue weighted by Gasteiger charge is 2.23. The van der Waals surface area contributed by atoms with Crippen molar-refractivity contribution in [1.29, 1.82) is 0 Å². The number of benzene rings is 1. The number of ether oxygens (including phenoxy) is 1. The first-order chi connectivity index (χ1) is 10.5. The average molecular weight is 306 g/mol. The van der Waals surface area contributed by atoms with Crippen molar-refractivity contribution in [2.45, 2.75) is 33.1 Å². The van der Waals surface area contributed by atoms with Gasteiger partial charge in [0, 0.05) is 20.0 Å². The molecular weight excluding hydrogens is 280 g/mol. The zero-order valence-corrected chi connectivity index (χ0v) is 13.8. The van der Waals surface area contributed by atoms with Gasteiger partial charge < -0.3 is 15.4 Å². The lowest BCUT2D eigenvalue weighted by Crippen LogP contribution is -2.34. The molecule has 0 fully saturated rings. The number of hydrogen-bond donors (Lipinski definition) is 2. The summed E-state index contributed by atoms with van der Waals surface area (Å²) in [6.07, 6.45) is 0.721. The average Bonchev–Trinajstić information content (AvgIpc) is 2.47. The number of hydrogen-bond acceptors (Lipinski definition) is 3. The Kier molecular flexibility index (Phi) is 7.43. The maximum absolute atomic E-state index is 12.4. The largest absolute Gasteiger partial charge is 0.497 e. The van der Waals surface area contributed by atoms with Crippen molar-refractivity contribution >= 4 is 11.8 Å². The normalized spacial score (nSPS) is 11.9. The molecule has 0 bridgehead atoms. The minimum absolute atomic E-state index is 0.0167. The fourth-order valence-corrected chi connectivity index (χ4v) is 2.32. The quantitative estimate of drug-likeness (QED) is 0.723. The van der Waals surface area contributed by atoms with E-state index in [1.54, 1.807) is 7.11 Å². The monoisotopic (exact) mass is 306 g/mol.